The molecule has 1 aliphatic heterocycles. The Morgan fingerprint density at radius 3 is 2.69 bits per heavy atom. The van der Waals surface area contributed by atoms with E-state index in [1.54, 1.807) is 0 Å². The highest BCUT2D eigenvalue weighted by atomic mass is 35.5. The molecule has 1 fully saturated rings. The lowest BCUT2D eigenvalue weighted by Crippen LogP contribution is -2.39. The number of carbonyl (C=O) groups excluding carboxylic acids is 2. The third-order valence-corrected chi connectivity index (χ3v) is 5.88. The molecular formula is C24H31Cl2N5O5. The fourth-order valence-electron chi connectivity index (χ4n) is 3.60. The van der Waals surface area contributed by atoms with Crippen molar-refractivity contribution in [1.29, 1.82) is 0 Å². The summed E-state index contributed by atoms with van der Waals surface area (Å²) in [6, 6.07) is 8.77. The number of benzene rings is 1. The number of halogens is 2. The van der Waals surface area contributed by atoms with Gasteiger partial charge in [0.1, 0.15) is 5.02 Å². The molecule has 0 saturated carbocycles. The number of aromatic nitrogens is 1. The largest absolute Gasteiger partial charge is 0.483 e. The average molecular weight is 540 g/mol. The van der Waals surface area contributed by atoms with Gasteiger partial charge < -0.3 is 30.7 Å². The summed E-state index contributed by atoms with van der Waals surface area (Å²) in [6.45, 7) is 6.84. The van der Waals surface area contributed by atoms with Crippen LogP contribution in [0.2, 0.25) is 10.0 Å². The number of likely N-dealkylation sites (tertiary alicyclic amines) is 1. The van der Waals surface area contributed by atoms with E-state index in [9.17, 15) is 9.59 Å². The van der Waals surface area contributed by atoms with Gasteiger partial charge in [0.05, 0.1) is 5.02 Å². The Labute approximate surface area is 220 Å². The molecule has 2 unspecified atom stereocenters. The number of likely N-dealkylation sites (N-methyl/N-ethyl adjacent to an activating group) is 1. The number of ether oxygens (including phenoxy) is 1. The van der Waals surface area contributed by atoms with E-state index in [1.165, 1.54) is 12.3 Å². The molecule has 10 nitrogen and oxygen atoms in total. The average Bonchev–Trinajstić information content (AvgIpc) is 3.30. The van der Waals surface area contributed by atoms with E-state index in [0.29, 0.717) is 17.1 Å². The Balaban J connectivity index is 0.00000145. The normalized spacial score (nSPS) is 15.7. The highest BCUT2D eigenvalue weighted by Gasteiger charge is 2.23. The van der Waals surface area contributed by atoms with E-state index in [0.717, 1.165) is 31.6 Å². The van der Waals surface area contributed by atoms with Crippen LogP contribution in [0.25, 0.3) is 0 Å². The lowest BCUT2D eigenvalue weighted by atomic mass is 10.2. The minimum atomic E-state index is -0.752. The van der Waals surface area contributed by atoms with E-state index in [1.807, 2.05) is 31.2 Å². The summed E-state index contributed by atoms with van der Waals surface area (Å²) in [6.07, 6.45) is 2.04. The maximum absolute atomic E-state index is 12.6. The molecule has 36 heavy (non-hydrogen) atoms. The molecule has 1 aromatic heterocycles. The van der Waals surface area contributed by atoms with E-state index in [4.69, 9.17) is 37.8 Å². The second-order valence-electron chi connectivity index (χ2n) is 7.96. The molecule has 196 valence electrons. The monoisotopic (exact) mass is 539 g/mol. The van der Waals surface area contributed by atoms with Crippen LogP contribution in [0.3, 0.4) is 0 Å². The van der Waals surface area contributed by atoms with Crippen molar-refractivity contribution in [3.05, 3.63) is 52.1 Å². The molecule has 1 aromatic carbocycles. The summed E-state index contributed by atoms with van der Waals surface area (Å²) in [7, 11) is 0. The summed E-state index contributed by atoms with van der Waals surface area (Å²) < 4.78 is 5.67. The lowest BCUT2D eigenvalue weighted by molar-refractivity contribution is -0.128. The first-order valence-corrected chi connectivity index (χ1v) is 12.3. The van der Waals surface area contributed by atoms with Crippen molar-refractivity contribution in [2.45, 2.75) is 45.4 Å². The number of hydrogen-bond donors (Lipinski definition) is 4. The highest BCUT2D eigenvalue weighted by Crippen LogP contribution is 2.26. The molecule has 0 aliphatic carbocycles. The van der Waals surface area contributed by atoms with Crippen molar-refractivity contribution in [3.63, 3.8) is 0 Å². The van der Waals surface area contributed by atoms with Gasteiger partial charge in [0.25, 0.3) is 12.4 Å². The second kappa shape index (κ2) is 15.1. The number of amides is 3. The van der Waals surface area contributed by atoms with Crippen LogP contribution in [0.4, 0.5) is 10.5 Å². The Hall–Kier alpha value is -3.08. The fraction of sp³-hybridized carbons (Fsp3) is 0.417. The molecule has 0 radical (unpaired) electrons. The lowest BCUT2D eigenvalue weighted by Gasteiger charge is -2.18. The zero-order valence-electron chi connectivity index (χ0n) is 20.2. The smallest absolute Gasteiger partial charge is 0.319 e. The Kier molecular flexibility index (Phi) is 12.2. The molecule has 2 heterocycles. The SMILES string of the molecule is CCC(Oc1ncc(Cl)cc1Cl)C(=O)NCc1cccc(NC(=O)NC2CCN(CC)C2)c1.O=CO. The number of pyridine rings is 1. The summed E-state index contributed by atoms with van der Waals surface area (Å²) in [5, 5.41) is 16.3. The first kappa shape index (κ1) is 29.2. The van der Waals surface area contributed by atoms with Crippen LogP contribution < -0.4 is 20.7 Å². The van der Waals surface area contributed by atoms with Gasteiger partial charge in [-0.05, 0) is 43.1 Å². The molecule has 1 aliphatic rings. The van der Waals surface area contributed by atoms with Gasteiger partial charge in [-0.25, -0.2) is 9.78 Å². The molecule has 3 amide bonds. The number of carboxylic acid groups (broad SMARTS) is 1. The molecule has 4 N–H and O–H groups in total. The van der Waals surface area contributed by atoms with Gasteiger partial charge in [-0.3, -0.25) is 9.59 Å². The Morgan fingerprint density at radius 2 is 2.06 bits per heavy atom. The molecule has 2 aromatic rings. The van der Waals surface area contributed by atoms with Gasteiger partial charge in [0.2, 0.25) is 5.88 Å². The summed E-state index contributed by atoms with van der Waals surface area (Å²) in [5.74, 6) is -0.132. The first-order valence-electron chi connectivity index (χ1n) is 11.5. The van der Waals surface area contributed by atoms with Crippen molar-refractivity contribution in [2.75, 3.05) is 25.0 Å². The number of nitrogens with zero attached hydrogens (tertiary/aromatic N) is 2. The van der Waals surface area contributed by atoms with E-state index in [-0.39, 0.29) is 41.9 Å². The molecule has 3 rings (SSSR count). The van der Waals surface area contributed by atoms with Gasteiger partial charge in [-0.2, -0.15) is 0 Å². The fourth-order valence-corrected chi connectivity index (χ4v) is 4.02. The molecular weight excluding hydrogens is 509 g/mol. The standard InChI is InChI=1S/C23H29Cl2N5O3.CH2O2/c1-3-20(33-22-19(25)11-16(24)13-27-22)21(31)26-12-15-6-5-7-17(10-15)28-23(32)29-18-8-9-30(4-2)14-18;2-1-3/h5-7,10-11,13,18,20H,3-4,8-9,12,14H2,1-2H3,(H,26,31)(H2,28,29,32);1H,(H,2,3). The van der Waals surface area contributed by atoms with Crippen LogP contribution in [0.5, 0.6) is 5.88 Å². The number of anilines is 1. The Morgan fingerprint density at radius 1 is 1.31 bits per heavy atom. The number of nitrogens with one attached hydrogen (secondary N) is 3. The molecule has 0 spiro atoms. The number of urea groups is 1. The maximum atomic E-state index is 12.6. The third kappa shape index (κ3) is 9.52. The second-order valence-corrected chi connectivity index (χ2v) is 8.80. The number of rotatable bonds is 9. The van der Waals surface area contributed by atoms with Crippen LogP contribution >= 0.6 is 23.2 Å². The predicted molar refractivity (Wildman–Crippen MR) is 139 cm³/mol. The van der Waals surface area contributed by atoms with Crippen LogP contribution in [-0.2, 0) is 16.1 Å². The minimum absolute atomic E-state index is 0.155. The Bertz CT molecular complexity index is 1030. The van der Waals surface area contributed by atoms with Crippen LogP contribution in [0, 0.1) is 0 Å². The van der Waals surface area contributed by atoms with Gasteiger partial charge >= 0.3 is 6.03 Å². The minimum Gasteiger partial charge on any atom is -0.483 e. The van der Waals surface area contributed by atoms with E-state index < -0.39 is 6.10 Å². The van der Waals surface area contributed by atoms with Crippen molar-refractivity contribution in [2.24, 2.45) is 0 Å². The molecule has 2 atom stereocenters. The van der Waals surface area contributed by atoms with Crippen LogP contribution in [-0.4, -0.2) is 65.2 Å². The predicted octanol–water partition coefficient (Wildman–Crippen LogP) is 3.78. The summed E-state index contributed by atoms with van der Waals surface area (Å²) in [5.41, 5.74) is 1.50. The molecule has 0 bridgehead atoms. The molecule has 1 saturated heterocycles. The van der Waals surface area contributed by atoms with Crippen molar-refractivity contribution < 1.29 is 24.2 Å². The first-order chi connectivity index (χ1) is 17.3. The van der Waals surface area contributed by atoms with Crippen LogP contribution in [0.15, 0.2) is 36.5 Å². The van der Waals surface area contributed by atoms with E-state index in [2.05, 4.69) is 32.8 Å². The third-order valence-electron chi connectivity index (χ3n) is 5.40. The number of hydrogen-bond acceptors (Lipinski definition) is 6. The zero-order valence-corrected chi connectivity index (χ0v) is 21.7. The van der Waals surface area contributed by atoms with Gasteiger partial charge in [0, 0.05) is 37.6 Å². The quantitative estimate of drug-likeness (QED) is 0.356. The van der Waals surface area contributed by atoms with Crippen molar-refractivity contribution in [1.82, 2.24) is 20.5 Å². The maximum Gasteiger partial charge on any atom is 0.319 e. The van der Waals surface area contributed by atoms with Gasteiger partial charge in [-0.1, -0.05) is 49.2 Å². The topological polar surface area (TPSA) is 133 Å². The van der Waals surface area contributed by atoms with Gasteiger partial charge in [0.15, 0.2) is 6.10 Å². The molecule has 12 heteroatoms. The van der Waals surface area contributed by atoms with E-state index >= 15 is 0 Å². The number of carbonyl (C=O) groups is 3. The summed E-state index contributed by atoms with van der Waals surface area (Å²) >= 11 is 11.9. The van der Waals surface area contributed by atoms with Crippen molar-refractivity contribution in [3.8, 4) is 5.88 Å². The van der Waals surface area contributed by atoms with Crippen molar-refractivity contribution >= 4 is 47.3 Å². The summed E-state index contributed by atoms with van der Waals surface area (Å²) in [4.78, 5) is 39.7. The zero-order chi connectivity index (χ0) is 26.5. The highest BCUT2D eigenvalue weighted by molar-refractivity contribution is 6.35. The van der Waals surface area contributed by atoms with Gasteiger partial charge in [-0.15, -0.1) is 0 Å². The van der Waals surface area contributed by atoms with Crippen LogP contribution in [0.1, 0.15) is 32.3 Å².